The predicted octanol–water partition coefficient (Wildman–Crippen LogP) is 2.51. The molecule has 110 valence electrons. The van der Waals surface area contributed by atoms with Crippen molar-refractivity contribution in [2.45, 2.75) is 13.5 Å². The number of aryl methyl sites for hydroxylation is 1. The molecule has 6 heteroatoms. The molecule has 0 fully saturated rings. The van der Waals surface area contributed by atoms with Crippen LogP contribution >= 0.6 is 0 Å². The molecule has 1 aromatic heterocycles. The average Bonchev–Trinajstić information content (AvgIpc) is 2.84. The number of benzene rings is 1. The Balaban J connectivity index is 2.08. The Morgan fingerprint density at radius 1 is 1.52 bits per heavy atom. The van der Waals surface area contributed by atoms with Crippen LogP contribution in [0.5, 0.6) is 5.75 Å². The van der Waals surface area contributed by atoms with Crippen molar-refractivity contribution < 1.29 is 19.0 Å². The van der Waals surface area contributed by atoms with Gasteiger partial charge in [0.1, 0.15) is 12.4 Å². The van der Waals surface area contributed by atoms with E-state index >= 15 is 0 Å². The van der Waals surface area contributed by atoms with Gasteiger partial charge in [-0.15, -0.1) is 0 Å². The van der Waals surface area contributed by atoms with Crippen LogP contribution in [0.3, 0.4) is 0 Å². The van der Waals surface area contributed by atoms with E-state index in [1.54, 1.807) is 12.3 Å². The number of nitrogens with zero attached hydrogens (tertiary/aromatic N) is 2. The van der Waals surface area contributed by atoms with E-state index in [1.807, 2.05) is 17.7 Å². The molecule has 0 atom stereocenters. The van der Waals surface area contributed by atoms with Gasteiger partial charge in [-0.25, -0.2) is 14.2 Å². The standard InChI is InChI=1S/C15H15FN2O3/c1-11-17-7-8-18(11)9-10-21-15-12(5-6-14(19)20)3-2-4-13(15)16/h2-8H,9-10H2,1H3,(H,19,20)/b6-5+. The van der Waals surface area contributed by atoms with E-state index < -0.39 is 11.8 Å². The number of carboxylic acid groups (broad SMARTS) is 1. The molecule has 0 unspecified atom stereocenters. The van der Waals surface area contributed by atoms with Crippen molar-refractivity contribution >= 4 is 12.0 Å². The van der Waals surface area contributed by atoms with Crippen LogP contribution in [0.4, 0.5) is 4.39 Å². The highest BCUT2D eigenvalue weighted by molar-refractivity contribution is 5.85. The summed E-state index contributed by atoms with van der Waals surface area (Å²) in [6, 6.07) is 4.37. The van der Waals surface area contributed by atoms with Crippen LogP contribution in [0.1, 0.15) is 11.4 Å². The molecule has 0 radical (unpaired) electrons. The van der Waals surface area contributed by atoms with Gasteiger partial charge >= 0.3 is 5.97 Å². The van der Waals surface area contributed by atoms with Crippen molar-refractivity contribution in [2.24, 2.45) is 0 Å². The summed E-state index contributed by atoms with van der Waals surface area (Å²) in [4.78, 5) is 14.6. The Morgan fingerprint density at radius 3 is 3.00 bits per heavy atom. The second kappa shape index (κ2) is 6.69. The number of aliphatic carboxylic acids is 1. The number of hydrogen-bond donors (Lipinski definition) is 1. The molecule has 1 N–H and O–H groups in total. The third-order valence-corrected chi connectivity index (χ3v) is 2.91. The van der Waals surface area contributed by atoms with Crippen LogP contribution in [0.25, 0.3) is 6.08 Å². The molecule has 0 aliphatic rings. The molecule has 0 bridgehead atoms. The molecule has 2 aromatic rings. The van der Waals surface area contributed by atoms with Crippen LogP contribution in [0.15, 0.2) is 36.7 Å². The van der Waals surface area contributed by atoms with E-state index in [-0.39, 0.29) is 12.4 Å². The summed E-state index contributed by atoms with van der Waals surface area (Å²) >= 11 is 0. The number of aromatic nitrogens is 2. The molecule has 0 amide bonds. The summed E-state index contributed by atoms with van der Waals surface area (Å²) in [7, 11) is 0. The number of hydrogen-bond acceptors (Lipinski definition) is 3. The first-order valence-electron chi connectivity index (χ1n) is 6.38. The molecule has 21 heavy (non-hydrogen) atoms. The van der Waals surface area contributed by atoms with Crippen LogP contribution < -0.4 is 4.74 Å². The van der Waals surface area contributed by atoms with E-state index in [2.05, 4.69) is 4.98 Å². The number of carboxylic acids is 1. The third-order valence-electron chi connectivity index (χ3n) is 2.91. The largest absolute Gasteiger partial charge is 0.488 e. The maximum absolute atomic E-state index is 13.8. The van der Waals surface area contributed by atoms with E-state index in [0.717, 1.165) is 11.9 Å². The first-order chi connectivity index (χ1) is 10.1. The number of ether oxygens (including phenoxy) is 1. The SMILES string of the molecule is Cc1nccn1CCOc1c(F)cccc1/C=C/C(=O)O. The number of halogens is 1. The zero-order valence-electron chi connectivity index (χ0n) is 11.5. The van der Waals surface area contributed by atoms with Crippen molar-refractivity contribution in [3.8, 4) is 5.75 Å². The number of rotatable bonds is 6. The Morgan fingerprint density at radius 2 is 2.33 bits per heavy atom. The zero-order valence-corrected chi connectivity index (χ0v) is 11.5. The van der Waals surface area contributed by atoms with Crippen molar-refractivity contribution in [3.63, 3.8) is 0 Å². The average molecular weight is 290 g/mol. The third kappa shape index (κ3) is 3.92. The Hall–Kier alpha value is -2.63. The highest BCUT2D eigenvalue weighted by Crippen LogP contribution is 2.24. The normalized spacial score (nSPS) is 11.0. The molecular weight excluding hydrogens is 275 g/mol. The van der Waals surface area contributed by atoms with Crippen LogP contribution in [0, 0.1) is 12.7 Å². The van der Waals surface area contributed by atoms with Crippen LogP contribution in [-0.2, 0) is 11.3 Å². The van der Waals surface area contributed by atoms with Gasteiger partial charge < -0.3 is 14.4 Å². The highest BCUT2D eigenvalue weighted by atomic mass is 19.1. The second-order valence-corrected chi connectivity index (χ2v) is 4.35. The number of carbonyl (C=O) groups is 1. The van der Waals surface area contributed by atoms with Crippen LogP contribution in [0.2, 0.25) is 0 Å². The summed E-state index contributed by atoms with van der Waals surface area (Å²) in [5.41, 5.74) is 0.389. The molecule has 1 heterocycles. The summed E-state index contributed by atoms with van der Waals surface area (Å²) < 4.78 is 21.1. The summed E-state index contributed by atoms with van der Waals surface area (Å²) in [6.45, 7) is 2.65. The molecule has 5 nitrogen and oxygen atoms in total. The van der Waals surface area contributed by atoms with E-state index in [0.29, 0.717) is 12.1 Å². The van der Waals surface area contributed by atoms with Gasteiger partial charge in [-0.05, 0) is 19.1 Å². The second-order valence-electron chi connectivity index (χ2n) is 4.35. The van der Waals surface area contributed by atoms with Gasteiger partial charge in [-0.3, -0.25) is 0 Å². The minimum atomic E-state index is -1.10. The molecule has 0 saturated carbocycles. The van der Waals surface area contributed by atoms with Crippen LogP contribution in [-0.4, -0.2) is 27.2 Å². The quantitative estimate of drug-likeness (QED) is 0.830. The number of para-hydroxylation sites is 1. The van der Waals surface area contributed by atoms with Crippen molar-refractivity contribution in [1.82, 2.24) is 9.55 Å². The van der Waals surface area contributed by atoms with Gasteiger partial charge in [0.05, 0.1) is 6.54 Å². The maximum Gasteiger partial charge on any atom is 0.328 e. The summed E-state index contributed by atoms with van der Waals surface area (Å²) in [5.74, 6) is -0.727. The lowest BCUT2D eigenvalue weighted by atomic mass is 10.2. The van der Waals surface area contributed by atoms with Crippen molar-refractivity contribution in [1.29, 1.82) is 0 Å². The first-order valence-corrected chi connectivity index (χ1v) is 6.38. The fourth-order valence-electron chi connectivity index (χ4n) is 1.86. The monoisotopic (exact) mass is 290 g/mol. The van der Waals surface area contributed by atoms with Gasteiger partial charge in [-0.2, -0.15) is 0 Å². The predicted molar refractivity (Wildman–Crippen MR) is 75.5 cm³/mol. The molecule has 0 aliphatic carbocycles. The fraction of sp³-hybridized carbons (Fsp3) is 0.200. The fourth-order valence-corrected chi connectivity index (χ4v) is 1.86. The minimum Gasteiger partial charge on any atom is -0.488 e. The first kappa shape index (κ1) is 14.8. The summed E-state index contributed by atoms with van der Waals surface area (Å²) in [5, 5.41) is 8.63. The zero-order chi connectivity index (χ0) is 15.2. The Bertz CT molecular complexity index is 665. The lowest BCUT2D eigenvalue weighted by Gasteiger charge is -2.11. The lowest BCUT2D eigenvalue weighted by Crippen LogP contribution is -2.10. The molecule has 0 spiro atoms. The lowest BCUT2D eigenvalue weighted by molar-refractivity contribution is -0.131. The van der Waals surface area contributed by atoms with Gasteiger partial charge in [-0.1, -0.05) is 12.1 Å². The molecule has 2 rings (SSSR count). The van der Waals surface area contributed by atoms with E-state index in [9.17, 15) is 9.18 Å². The van der Waals surface area contributed by atoms with Gasteiger partial charge in [0.15, 0.2) is 11.6 Å². The van der Waals surface area contributed by atoms with Crippen molar-refractivity contribution in [2.75, 3.05) is 6.61 Å². The molecule has 0 saturated heterocycles. The maximum atomic E-state index is 13.8. The molecular formula is C15H15FN2O3. The minimum absolute atomic E-state index is 0.0489. The topological polar surface area (TPSA) is 64.4 Å². The van der Waals surface area contributed by atoms with E-state index in [1.165, 1.54) is 18.2 Å². The van der Waals surface area contributed by atoms with Gasteiger partial charge in [0.2, 0.25) is 0 Å². The van der Waals surface area contributed by atoms with Gasteiger partial charge in [0.25, 0.3) is 0 Å². The smallest absolute Gasteiger partial charge is 0.328 e. The highest BCUT2D eigenvalue weighted by Gasteiger charge is 2.08. The van der Waals surface area contributed by atoms with Crippen molar-refractivity contribution in [3.05, 3.63) is 53.9 Å². The molecule has 1 aromatic carbocycles. The summed E-state index contributed by atoms with van der Waals surface area (Å²) in [6.07, 6.45) is 5.75. The Labute approximate surface area is 121 Å². The van der Waals surface area contributed by atoms with Gasteiger partial charge in [0, 0.05) is 24.0 Å². The van der Waals surface area contributed by atoms with E-state index in [4.69, 9.17) is 9.84 Å². The number of imidazole rings is 1. The molecule has 0 aliphatic heterocycles. The Kier molecular flexibility index (Phi) is 4.71.